The Morgan fingerprint density at radius 1 is 1.25 bits per heavy atom. The van der Waals surface area contributed by atoms with Crippen molar-refractivity contribution in [1.82, 2.24) is 5.32 Å². The Bertz CT molecular complexity index is 195. The number of rotatable bonds is 7. The first-order chi connectivity index (χ1) is 7.33. The van der Waals surface area contributed by atoms with E-state index in [-0.39, 0.29) is 11.8 Å². The summed E-state index contributed by atoms with van der Waals surface area (Å²) in [5.74, 6) is 0.152. The number of hydrogen-bond acceptors (Lipinski definition) is 2. The zero-order valence-corrected chi connectivity index (χ0v) is 11.4. The smallest absolute Gasteiger partial charge is 0.222 e. The summed E-state index contributed by atoms with van der Waals surface area (Å²) in [7, 11) is 0. The molecule has 0 atom stereocenters. The lowest BCUT2D eigenvalue weighted by molar-refractivity contribution is -0.124. The fourth-order valence-electron chi connectivity index (χ4n) is 1.26. The summed E-state index contributed by atoms with van der Waals surface area (Å²) in [5, 5.41) is 2.83. The molecule has 3 nitrogen and oxygen atoms in total. The fourth-order valence-corrected chi connectivity index (χ4v) is 1.26. The maximum Gasteiger partial charge on any atom is 0.222 e. The van der Waals surface area contributed by atoms with Gasteiger partial charge in [0, 0.05) is 19.1 Å². The number of amides is 1. The van der Waals surface area contributed by atoms with Gasteiger partial charge in [0.15, 0.2) is 0 Å². The van der Waals surface area contributed by atoms with Crippen molar-refractivity contribution in [2.75, 3.05) is 19.8 Å². The fraction of sp³-hybridized carbons (Fsp3) is 0.923. The van der Waals surface area contributed by atoms with E-state index >= 15 is 0 Å². The van der Waals surface area contributed by atoms with Crippen molar-refractivity contribution in [2.24, 2.45) is 11.3 Å². The van der Waals surface area contributed by atoms with E-state index < -0.39 is 0 Å². The molecule has 0 spiro atoms. The Morgan fingerprint density at radius 2 is 1.88 bits per heavy atom. The zero-order chi connectivity index (χ0) is 12.6. The molecule has 16 heavy (non-hydrogen) atoms. The molecule has 0 aromatic heterocycles. The summed E-state index contributed by atoms with van der Waals surface area (Å²) in [5.41, 5.74) is 0.384. The minimum atomic E-state index is 0.0564. The quantitative estimate of drug-likeness (QED) is 0.681. The molecule has 0 bridgehead atoms. The highest BCUT2D eigenvalue weighted by Gasteiger charge is 2.09. The van der Waals surface area contributed by atoms with Crippen molar-refractivity contribution in [3.05, 3.63) is 0 Å². The van der Waals surface area contributed by atoms with Crippen molar-refractivity contribution in [3.63, 3.8) is 0 Å². The molecular formula is C13H27NO2. The van der Waals surface area contributed by atoms with Gasteiger partial charge in [-0.05, 0) is 18.3 Å². The van der Waals surface area contributed by atoms with Gasteiger partial charge in [-0.2, -0.15) is 0 Å². The summed E-state index contributed by atoms with van der Waals surface area (Å²) in [4.78, 5) is 11.2. The topological polar surface area (TPSA) is 38.3 Å². The van der Waals surface area contributed by atoms with E-state index in [1.165, 1.54) is 6.42 Å². The molecule has 1 amide bonds. The van der Waals surface area contributed by atoms with Gasteiger partial charge in [0.2, 0.25) is 5.91 Å². The van der Waals surface area contributed by atoms with Gasteiger partial charge in [-0.25, -0.2) is 0 Å². The van der Waals surface area contributed by atoms with Crippen LogP contribution in [0.3, 0.4) is 0 Å². The average molecular weight is 229 g/mol. The minimum Gasteiger partial charge on any atom is -0.380 e. The molecular weight excluding hydrogens is 202 g/mol. The second kappa shape index (κ2) is 7.66. The number of hydrogen-bond donors (Lipinski definition) is 1. The van der Waals surface area contributed by atoms with Gasteiger partial charge in [-0.15, -0.1) is 0 Å². The number of nitrogens with one attached hydrogen (secondary N) is 1. The first kappa shape index (κ1) is 15.4. The maximum atomic E-state index is 11.2. The Labute approximate surface area is 99.9 Å². The predicted molar refractivity (Wildman–Crippen MR) is 67.4 cm³/mol. The predicted octanol–water partition coefficient (Wildman–Crippen LogP) is 2.60. The van der Waals surface area contributed by atoms with Crippen molar-refractivity contribution in [1.29, 1.82) is 0 Å². The number of carbonyl (C=O) groups excluding carboxylic acids is 1. The third-order valence-corrected chi connectivity index (χ3v) is 2.29. The van der Waals surface area contributed by atoms with Crippen LogP contribution >= 0.6 is 0 Å². The van der Waals surface area contributed by atoms with E-state index in [1.54, 1.807) is 0 Å². The van der Waals surface area contributed by atoms with Crippen molar-refractivity contribution < 1.29 is 9.53 Å². The van der Waals surface area contributed by atoms with E-state index in [4.69, 9.17) is 4.74 Å². The molecule has 0 heterocycles. The molecule has 0 aliphatic rings. The molecule has 0 unspecified atom stereocenters. The largest absolute Gasteiger partial charge is 0.380 e. The highest BCUT2D eigenvalue weighted by Crippen LogP contribution is 2.20. The summed E-state index contributed by atoms with van der Waals surface area (Å²) < 4.78 is 5.44. The molecule has 0 aromatic carbocycles. The van der Waals surface area contributed by atoms with Crippen molar-refractivity contribution in [2.45, 2.75) is 47.5 Å². The van der Waals surface area contributed by atoms with Gasteiger partial charge in [0.05, 0.1) is 6.61 Å². The molecule has 0 saturated heterocycles. The highest BCUT2D eigenvalue weighted by atomic mass is 16.5. The van der Waals surface area contributed by atoms with Gasteiger partial charge in [0.1, 0.15) is 0 Å². The second-order valence-corrected chi connectivity index (χ2v) is 5.72. The van der Waals surface area contributed by atoms with E-state index in [0.717, 1.165) is 13.0 Å². The average Bonchev–Trinajstić information content (AvgIpc) is 2.14. The Morgan fingerprint density at radius 3 is 2.38 bits per heavy atom. The van der Waals surface area contributed by atoms with Crippen LogP contribution in [0.4, 0.5) is 0 Å². The van der Waals surface area contributed by atoms with Crippen LogP contribution in [0.25, 0.3) is 0 Å². The van der Waals surface area contributed by atoms with Crippen LogP contribution in [-0.2, 0) is 9.53 Å². The third kappa shape index (κ3) is 9.97. The number of ether oxygens (including phenoxy) is 1. The monoisotopic (exact) mass is 229 g/mol. The molecule has 1 N–H and O–H groups in total. The van der Waals surface area contributed by atoms with Crippen LogP contribution < -0.4 is 5.32 Å². The van der Waals surface area contributed by atoms with Crippen molar-refractivity contribution in [3.8, 4) is 0 Å². The lowest BCUT2D eigenvalue weighted by Gasteiger charge is -2.17. The second-order valence-electron chi connectivity index (χ2n) is 5.72. The van der Waals surface area contributed by atoms with Gasteiger partial charge in [-0.3, -0.25) is 4.79 Å². The van der Waals surface area contributed by atoms with Gasteiger partial charge in [-0.1, -0.05) is 34.6 Å². The molecule has 0 fully saturated rings. The van der Waals surface area contributed by atoms with Gasteiger partial charge in [0.25, 0.3) is 0 Å². The Hall–Kier alpha value is -0.570. The summed E-state index contributed by atoms with van der Waals surface area (Å²) in [6, 6.07) is 0. The molecule has 0 aliphatic heterocycles. The normalized spacial score (nSPS) is 11.9. The molecule has 0 rings (SSSR count). The Balaban J connectivity index is 3.26. The Kier molecular flexibility index (Phi) is 7.39. The van der Waals surface area contributed by atoms with Crippen LogP contribution in [0, 0.1) is 11.3 Å². The summed E-state index contributed by atoms with van der Waals surface area (Å²) >= 11 is 0. The molecule has 0 saturated carbocycles. The third-order valence-electron chi connectivity index (χ3n) is 2.29. The summed E-state index contributed by atoms with van der Waals surface area (Å²) in [6.45, 7) is 12.5. The van der Waals surface area contributed by atoms with E-state index in [1.807, 2.05) is 13.8 Å². The van der Waals surface area contributed by atoms with Crippen molar-refractivity contribution >= 4 is 5.91 Å². The number of carbonyl (C=O) groups is 1. The zero-order valence-electron chi connectivity index (χ0n) is 11.4. The van der Waals surface area contributed by atoms with Crippen LogP contribution in [0.1, 0.15) is 47.5 Å². The highest BCUT2D eigenvalue weighted by molar-refractivity contribution is 5.77. The van der Waals surface area contributed by atoms with E-state index in [9.17, 15) is 4.79 Å². The standard InChI is InChI=1S/C13H27NO2/c1-11(2)12(15)14-8-10-16-9-6-7-13(3,4)5/h11H,6-10H2,1-5H3,(H,14,15). The van der Waals surface area contributed by atoms with Gasteiger partial charge >= 0.3 is 0 Å². The van der Waals surface area contributed by atoms with E-state index in [2.05, 4.69) is 26.1 Å². The maximum absolute atomic E-state index is 11.2. The van der Waals surface area contributed by atoms with Gasteiger partial charge < -0.3 is 10.1 Å². The molecule has 0 radical (unpaired) electrons. The minimum absolute atomic E-state index is 0.0564. The lowest BCUT2D eigenvalue weighted by atomic mass is 9.91. The van der Waals surface area contributed by atoms with E-state index in [0.29, 0.717) is 18.6 Å². The SMILES string of the molecule is CC(C)C(=O)NCCOCCCC(C)(C)C. The molecule has 0 aromatic rings. The molecule has 96 valence electrons. The van der Waals surface area contributed by atoms with Crippen LogP contribution in [0.5, 0.6) is 0 Å². The van der Waals surface area contributed by atoms with Crippen LogP contribution in [0.15, 0.2) is 0 Å². The molecule has 0 aliphatic carbocycles. The van der Waals surface area contributed by atoms with Crippen LogP contribution in [-0.4, -0.2) is 25.7 Å². The lowest BCUT2D eigenvalue weighted by Crippen LogP contribution is -2.30. The summed E-state index contributed by atoms with van der Waals surface area (Å²) in [6.07, 6.45) is 2.26. The molecule has 3 heteroatoms. The first-order valence-electron chi connectivity index (χ1n) is 6.18. The van der Waals surface area contributed by atoms with Crippen LogP contribution in [0.2, 0.25) is 0 Å². The first-order valence-corrected chi connectivity index (χ1v) is 6.18.